The summed E-state index contributed by atoms with van der Waals surface area (Å²) in [7, 11) is 0. The van der Waals surface area contributed by atoms with Gasteiger partial charge in [0.1, 0.15) is 12.4 Å². The molecule has 1 aliphatic rings. The Labute approximate surface area is 258 Å². The van der Waals surface area contributed by atoms with Crippen molar-refractivity contribution in [3.8, 4) is 5.75 Å². The molecule has 3 aromatic carbocycles. The van der Waals surface area contributed by atoms with Crippen LogP contribution in [0.2, 0.25) is 10.0 Å². The van der Waals surface area contributed by atoms with Gasteiger partial charge in [-0.25, -0.2) is 9.79 Å². The van der Waals surface area contributed by atoms with E-state index in [4.69, 9.17) is 32.7 Å². The van der Waals surface area contributed by atoms with Gasteiger partial charge >= 0.3 is 5.97 Å². The smallest absolute Gasteiger partial charge is 0.338 e. The summed E-state index contributed by atoms with van der Waals surface area (Å²) in [6, 6.07) is 20.1. The van der Waals surface area contributed by atoms with Crippen LogP contribution in [-0.2, 0) is 16.1 Å². The van der Waals surface area contributed by atoms with Crippen LogP contribution in [0.4, 0.5) is 0 Å². The van der Waals surface area contributed by atoms with E-state index in [1.165, 1.54) is 16.9 Å². The Balaban J connectivity index is 1.49. The Hall–Kier alpha value is -3.65. The minimum absolute atomic E-state index is 0.219. The summed E-state index contributed by atoms with van der Waals surface area (Å²) in [6.07, 6.45) is 1.83. The zero-order chi connectivity index (χ0) is 30.0. The van der Waals surface area contributed by atoms with Gasteiger partial charge in [0, 0.05) is 15.6 Å². The van der Waals surface area contributed by atoms with E-state index in [1.54, 1.807) is 30.5 Å². The first kappa shape index (κ1) is 29.8. The van der Waals surface area contributed by atoms with E-state index >= 15 is 0 Å². The number of allylic oxidation sites excluding steroid dienone is 1. The molecule has 1 atom stereocenters. The highest BCUT2D eigenvalue weighted by Gasteiger charge is 2.33. The Morgan fingerprint density at radius 2 is 1.79 bits per heavy atom. The molecule has 0 aliphatic carbocycles. The monoisotopic (exact) mass is 620 g/mol. The summed E-state index contributed by atoms with van der Waals surface area (Å²) in [4.78, 5) is 32.2. The topological polar surface area (TPSA) is 69.9 Å². The van der Waals surface area contributed by atoms with Crippen LogP contribution < -0.4 is 19.6 Å². The Morgan fingerprint density at radius 1 is 1.07 bits per heavy atom. The van der Waals surface area contributed by atoms with Crippen molar-refractivity contribution in [2.45, 2.75) is 46.3 Å². The van der Waals surface area contributed by atoms with Crippen LogP contribution in [0.15, 0.2) is 87.8 Å². The standard InChI is InChI=1S/C33H30Cl2N2O4S/c1-5-40-32(39)29-20(4)36-33-37(30(29)23-10-8-22(9-11-23)19(2)3)31(38)28(42-33)16-21-6-14-26(15-7-21)41-18-24-12-13-25(34)17-27(24)35/h6-17,19,30H,5,18H2,1-4H3/b28-16-/t30-/m1/s1. The number of benzene rings is 3. The number of nitrogens with zero attached hydrogens (tertiary/aromatic N) is 2. The minimum Gasteiger partial charge on any atom is -0.489 e. The highest BCUT2D eigenvalue weighted by atomic mass is 35.5. The van der Waals surface area contributed by atoms with Gasteiger partial charge in [0.05, 0.1) is 28.5 Å². The summed E-state index contributed by atoms with van der Waals surface area (Å²) >= 11 is 13.5. The molecule has 0 saturated carbocycles. The molecule has 9 heteroatoms. The van der Waals surface area contributed by atoms with Gasteiger partial charge in [0.25, 0.3) is 5.56 Å². The third-order valence-corrected chi connectivity index (χ3v) is 8.59. The predicted molar refractivity (Wildman–Crippen MR) is 168 cm³/mol. The first-order valence-corrected chi connectivity index (χ1v) is 15.2. The van der Waals surface area contributed by atoms with Crippen LogP contribution >= 0.6 is 34.5 Å². The van der Waals surface area contributed by atoms with Gasteiger partial charge < -0.3 is 9.47 Å². The van der Waals surface area contributed by atoms with Crippen molar-refractivity contribution in [3.63, 3.8) is 0 Å². The van der Waals surface area contributed by atoms with Crippen molar-refractivity contribution < 1.29 is 14.3 Å². The maximum absolute atomic E-state index is 13.9. The van der Waals surface area contributed by atoms with Crippen LogP contribution in [0, 0.1) is 0 Å². The van der Waals surface area contributed by atoms with E-state index in [9.17, 15) is 9.59 Å². The number of carbonyl (C=O) groups excluding carboxylic acids is 1. The molecule has 42 heavy (non-hydrogen) atoms. The lowest BCUT2D eigenvalue weighted by atomic mass is 9.93. The number of rotatable bonds is 8. The fraction of sp³-hybridized carbons (Fsp3) is 0.242. The van der Waals surface area contributed by atoms with Gasteiger partial charge in [-0.05, 0) is 66.8 Å². The Kier molecular flexibility index (Phi) is 9.02. The largest absolute Gasteiger partial charge is 0.489 e. The first-order valence-electron chi connectivity index (χ1n) is 13.6. The molecular weight excluding hydrogens is 591 g/mol. The van der Waals surface area contributed by atoms with Crippen molar-refractivity contribution in [2.24, 2.45) is 4.99 Å². The highest BCUT2D eigenvalue weighted by Crippen LogP contribution is 2.31. The van der Waals surface area contributed by atoms with Crippen LogP contribution in [0.1, 0.15) is 61.9 Å². The fourth-order valence-corrected chi connectivity index (χ4v) is 6.29. The van der Waals surface area contributed by atoms with Crippen LogP contribution in [-0.4, -0.2) is 17.1 Å². The molecule has 0 spiro atoms. The molecule has 5 rings (SSSR count). The lowest BCUT2D eigenvalue weighted by molar-refractivity contribution is -0.139. The molecule has 6 nitrogen and oxygen atoms in total. The molecule has 4 aromatic rings. The second-order valence-corrected chi connectivity index (χ2v) is 12.1. The average molecular weight is 622 g/mol. The van der Waals surface area contributed by atoms with Gasteiger partial charge in [-0.15, -0.1) is 0 Å². The minimum atomic E-state index is -0.640. The number of thiazole rings is 1. The fourth-order valence-electron chi connectivity index (χ4n) is 4.78. The number of halogens is 2. The van der Waals surface area contributed by atoms with E-state index in [0.29, 0.717) is 48.9 Å². The number of ether oxygens (including phenoxy) is 2. The third kappa shape index (κ3) is 6.24. The lowest BCUT2D eigenvalue weighted by Crippen LogP contribution is -2.39. The van der Waals surface area contributed by atoms with Crippen LogP contribution in [0.5, 0.6) is 5.75 Å². The van der Waals surface area contributed by atoms with Gasteiger partial charge in [0.2, 0.25) is 0 Å². The number of fused-ring (bicyclic) bond motifs is 1. The molecule has 1 aromatic heterocycles. The molecule has 0 unspecified atom stereocenters. The molecule has 1 aliphatic heterocycles. The maximum atomic E-state index is 13.9. The summed E-state index contributed by atoms with van der Waals surface area (Å²) < 4.78 is 13.4. The summed E-state index contributed by atoms with van der Waals surface area (Å²) in [6.45, 7) is 8.33. The zero-order valence-corrected chi connectivity index (χ0v) is 26.0. The van der Waals surface area contributed by atoms with Gasteiger partial charge in [-0.2, -0.15) is 0 Å². The highest BCUT2D eigenvalue weighted by molar-refractivity contribution is 7.07. The zero-order valence-electron chi connectivity index (χ0n) is 23.7. The molecular formula is C33H30Cl2N2O4S. The van der Waals surface area contributed by atoms with E-state index < -0.39 is 12.0 Å². The van der Waals surface area contributed by atoms with E-state index in [2.05, 4.69) is 18.8 Å². The van der Waals surface area contributed by atoms with Gasteiger partial charge in [-0.1, -0.05) is 90.9 Å². The SMILES string of the molecule is CCOC(=O)C1=C(C)N=c2s/c(=C\c3ccc(OCc4ccc(Cl)cc4Cl)cc3)c(=O)n2[C@@H]1c1ccc(C(C)C)cc1. The van der Waals surface area contributed by atoms with Crippen molar-refractivity contribution in [1.29, 1.82) is 0 Å². The summed E-state index contributed by atoms with van der Waals surface area (Å²) in [5.41, 5.74) is 4.36. The second kappa shape index (κ2) is 12.7. The summed E-state index contributed by atoms with van der Waals surface area (Å²) in [5, 5.41) is 1.12. The number of aromatic nitrogens is 1. The quantitative estimate of drug-likeness (QED) is 0.203. The average Bonchev–Trinajstić information content (AvgIpc) is 3.26. The normalized spacial score (nSPS) is 15.0. The predicted octanol–water partition coefficient (Wildman–Crippen LogP) is 6.81. The summed E-state index contributed by atoms with van der Waals surface area (Å²) in [5.74, 6) is 0.551. The van der Waals surface area contributed by atoms with Crippen molar-refractivity contribution in [1.82, 2.24) is 4.57 Å². The molecule has 0 fully saturated rings. The number of hydrogen-bond donors (Lipinski definition) is 0. The molecule has 216 valence electrons. The Morgan fingerprint density at radius 3 is 2.43 bits per heavy atom. The first-order chi connectivity index (χ1) is 20.2. The van der Waals surface area contributed by atoms with E-state index in [1.807, 2.05) is 60.7 Å². The molecule has 0 radical (unpaired) electrons. The Bertz CT molecular complexity index is 1840. The number of carbonyl (C=O) groups is 1. The lowest BCUT2D eigenvalue weighted by Gasteiger charge is -2.25. The molecule has 0 N–H and O–H groups in total. The van der Waals surface area contributed by atoms with Gasteiger partial charge in [0.15, 0.2) is 4.80 Å². The van der Waals surface area contributed by atoms with Crippen LogP contribution in [0.3, 0.4) is 0 Å². The van der Waals surface area contributed by atoms with E-state index in [0.717, 1.165) is 16.7 Å². The van der Waals surface area contributed by atoms with Crippen LogP contribution in [0.25, 0.3) is 6.08 Å². The maximum Gasteiger partial charge on any atom is 0.338 e. The molecule has 0 bridgehead atoms. The van der Waals surface area contributed by atoms with Gasteiger partial charge in [-0.3, -0.25) is 9.36 Å². The van der Waals surface area contributed by atoms with E-state index in [-0.39, 0.29) is 12.2 Å². The number of hydrogen-bond acceptors (Lipinski definition) is 6. The third-order valence-electron chi connectivity index (χ3n) is 7.02. The van der Waals surface area contributed by atoms with Crippen molar-refractivity contribution in [2.75, 3.05) is 6.61 Å². The molecule has 2 heterocycles. The number of esters is 1. The molecule has 0 amide bonds. The van der Waals surface area contributed by atoms with Crippen molar-refractivity contribution >= 4 is 46.6 Å². The second-order valence-electron chi connectivity index (χ2n) is 10.2. The molecule has 0 saturated heterocycles. The van der Waals surface area contributed by atoms with Crippen molar-refractivity contribution in [3.05, 3.63) is 130 Å².